The third-order valence-electron chi connectivity index (χ3n) is 3.53. The van der Waals surface area contributed by atoms with E-state index in [0.29, 0.717) is 19.0 Å². The van der Waals surface area contributed by atoms with Crippen LogP contribution in [0.4, 0.5) is 0 Å². The minimum Gasteiger partial charge on any atom is -0.356 e. The van der Waals surface area contributed by atoms with Crippen molar-refractivity contribution in [2.24, 2.45) is 0 Å². The Morgan fingerprint density at radius 3 is 2.84 bits per heavy atom. The maximum Gasteiger partial charge on any atom is 0.220 e. The van der Waals surface area contributed by atoms with Crippen molar-refractivity contribution < 1.29 is 4.79 Å². The first-order chi connectivity index (χ1) is 9.24. The maximum absolute atomic E-state index is 11.7. The van der Waals surface area contributed by atoms with E-state index in [1.165, 1.54) is 18.4 Å². The van der Waals surface area contributed by atoms with Crippen LogP contribution in [0.15, 0.2) is 24.3 Å². The molecule has 2 N–H and O–H groups in total. The maximum atomic E-state index is 11.7. The molecule has 0 saturated carbocycles. The van der Waals surface area contributed by atoms with Gasteiger partial charge in [-0.2, -0.15) is 0 Å². The Morgan fingerprint density at radius 2 is 2.16 bits per heavy atom. The Kier molecular flexibility index (Phi) is 5.67. The van der Waals surface area contributed by atoms with Gasteiger partial charge in [0.15, 0.2) is 0 Å². The van der Waals surface area contributed by atoms with E-state index in [0.717, 1.165) is 24.4 Å². The van der Waals surface area contributed by atoms with E-state index in [-0.39, 0.29) is 5.91 Å². The quantitative estimate of drug-likeness (QED) is 0.841. The molecule has 1 saturated heterocycles. The second kappa shape index (κ2) is 7.51. The predicted octanol–water partition coefficient (Wildman–Crippen LogP) is 2.53. The van der Waals surface area contributed by atoms with Crippen molar-refractivity contribution >= 4 is 17.5 Å². The molecule has 1 aliphatic rings. The van der Waals surface area contributed by atoms with Crippen molar-refractivity contribution in [2.45, 2.75) is 38.1 Å². The first kappa shape index (κ1) is 14.4. The average molecular weight is 281 g/mol. The molecule has 19 heavy (non-hydrogen) atoms. The van der Waals surface area contributed by atoms with Crippen molar-refractivity contribution in [1.29, 1.82) is 0 Å². The molecular formula is C15H21ClN2O. The second-order valence-electron chi connectivity index (χ2n) is 5.06. The largest absolute Gasteiger partial charge is 0.356 e. The highest BCUT2D eigenvalue weighted by Gasteiger charge is 2.14. The molecule has 2 rings (SSSR count). The zero-order valence-electron chi connectivity index (χ0n) is 11.1. The monoisotopic (exact) mass is 280 g/mol. The normalized spacial score (nSPS) is 18.5. The molecular weight excluding hydrogens is 260 g/mol. The van der Waals surface area contributed by atoms with Crippen LogP contribution in [-0.4, -0.2) is 25.0 Å². The van der Waals surface area contributed by atoms with E-state index in [1.807, 2.05) is 24.3 Å². The summed E-state index contributed by atoms with van der Waals surface area (Å²) in [5.41, 5.74) is 1.20. The van der Waals surface area contributed by atoms with Gasteiger partial charge in [0.1, 0.15) is 0 Å². The lowest BCUT2D eigenvalue weighted by Crippen LogP contribution is -2.28. The fourth-order valence-electron chi connectivity index (χ4n) is 2.39. The van der Waals surface area contributed by atoms with Gasteiger partial charge in [0.2, 0.25) is 5.91 Å². The van der Waals surface area contributed by atoms with Crippen LogP contribution < -0.4 is 10.6 Å². The molecule has 0 aliphatic carbocycles. The van der Waals surface area contributed by atoms with Crippen molar-refractivity contribution in [3.05, 3.63) is 34.9 Å². The average Bonchev–Trinajstić information content (AvgIpc) is 2.92. The standard InChI is InChI=1S/C15H21ClN2O/c16-13-5-3-12(4-6-13)9-11-18-15(19)8-7-14-2-1-10-17-14/h3-6,14,17H,1-2,7-11H2,(H,18,19). The van der Waals surface area contributed by atoms with Crippen molar-refractivity contribution in [2.75, 3.05) is 13.1 Å². The van der Waals surface area contributed by atoms with Gasteiger partial charge in [-0.1, -0.05) is 23.7 Å². The lowest BCUT2D eigenvalue weighted by molar-refractivity contribution is -0.121. The summed E-state index contributed by atoms with van der Waals surface area (Å²) in [6.45, 7) is 1.79. The van der Waals surface area contributed by atoms with Crippen LogP contribution in [0, 0.1) is 0 Å². The van der Waals surface area contributed by atoms with Gasteiger partial charge in [-0.25, -0.2) is 0 Å². The van der Waals surface area contributed by atoms with Crippen molar-refractivity contribution in [1.82, 2.24) is 10.6 Å². The van der Waals surface area contributed by atoms with Crippen LogP contribution in [0.25, 0.3) is 0 Å². The number of rotatable bonds is 6. The van der Waals surface area contributed by atoms with Gasteiger partial charge in [0.05, 0.1) is 0 Å². The highest BCUT2D eigenvalue weighted by molar-refractivity contribution is 6.30. The minimum absolute atomic E-state index is 0.155. The SMILES string of the molecule is O=C(CCC1CCCN1)NCCc1ccc(Cl)cc1. The second-order valence-corrected chi connectivity index (χ2v) is 5.49. The highest BCUT2D eigenvalue weighted by Crippen LogP contribution is 2.11. The summed E-state index contributed by atoms with van der Waals surface area (Å²) in [6, 6.07) is 8.30. The fraction of sp³-hybridized carbons (Fsp3) is 0.533. The van der Waals surface area contributed by atoms with E-state index >= 15 is 0 Å². The van der Waals surface area contributed by atoms with E-state index in [1.54, 1.807) is 0 Å². The number of nitrogens with one attached hydrogen (secondary N) is 2. The Bertz CT molecular complexity index is 399. The van der Waals surface area contributed by atoms with Crippen LogP contribution in [0.3, 0.4) is 0 Å². The van der Waals surface area contributed by atoms with E-state index in [9.17, 15) is 4.79 Å². The van der Waals surface area contributed by atoms with Gasteiger partial charge in [-0.15, -0.1) is 0 Å². The molecule has 0 bridgehead atoms. The zero-order chi connectivity index (χ0) is 13.5. The Labute approximate surface area is 119 Å². The Hall–Kier alpha value is -1.06. The van der Waals surface area contributed by atoms with Crippen LogP contribution in [0.5, 0.6) is 0 Å². The third kappa shape index (κ3) is 5.21. The van der Waals surface area contributed by atoms with Crippen LogP contribution in [-0.2, 0) is 11.2 Å². The number of carbonyl (C=O) groups is 1. The number of hydrogen-bond donors (Lipinski definition) is 2. The summed E-state index contributed by atoms with van der Waals surface area (Å²) in [5.74, 6) is 0.155. The lowest BCUT2D eigenvalue weighted by Gasteiger charge is -2.10. The molecule has 1 fully saturated rings. The molecule has 1 heterocycles. The number of benzene rings is 1. The van der Waals surface area contributed by atoms with Gasteiger partial charge in [-0.3, -0.25) is 4.79 Å². The minimum atomic E-state index is 0.155. The summed E-state index contributed by atoms with van der Waals surface area (Å²) >= 11 is 5.82. The molecule has 1 amide bonds. The van der Waals surface area contributed by atoms with Crippen LogP contribution >= 0.6 is 11.6 Å². The molecule has 104 valence electrons. The molecule has 3 nitrogen and oxygen atoms in total. The molecule has 1 aromatic carbocycles. The molecule has 1 unspecified atom stereocenters. The van der Waals surface area contributed by atoms with E-state index < -0.39 is 0 Å². The lowest BCUT2D eigenvalue weighted by atomic mass is 10.1. The van der Waals surface area contributed by atoms with Gasteiger partial charge in [-0.05, 0) is 49.9 Å². The molecule has 0 spiro atoms. The third-order valence-corrected chi connectivity index (χ3v) is 3.78. The number of hydrogen-bond acceptors (Lipinski definition) is 2. The first-order valence-electron chi connectivity index (χ1n) is 6.98. The van der Waals surface area contributed by atoms with Gasteiger partial charge < -0.3 is 10.6 Å². The summed E-state index contributed by atoms with van der Waals surface area (Å²) in [4.78, 5) is 11.7. The van der Waals surface area contributed by atoms with Crippen LogP contribution in [0.1, 0.15) is 31.2 Å². The molecule has 0 radical (unpaired) electrons. The van der Waals surface area contributed by atoms with Crippen molar-refractivity contribution in [3.8, 4) is 0 Å². The molecule has 0 aromatic heterocycles. The van der Waals surface area contributed by atoms with Gasteiger partial charge >= 0.3 is 0 Å². The Balaban J connectivity index is 1.59. The Morgan fingerprint density at radius 1 is 1.37 bits per heavy atom. The zero-order valence-corrected chi connectivity index (χ0v) is 11.9. The smallest absolute Gasteiger partial charge is 0.220 e. The number of halogens is 1. The number of carbonyl (C=O) groups excluding carboxylic acids is 1. The molecule has 1 aliphatic heterocycles. The molecule has 4 heteroatoms. The van der Waals surface area contributed by atoms with Gasteiger partial charge in [0.25, 0.3) is 0 Å². The summed E-state index contributed by atoms with van der Waals surface area (Å²) in [5, 5.41) is 7.12. The molecule has 1 atom stereocenters. The summed E-state index contributed by atoms with van der Waals surface area (Å²) < 4.78 is 0. The first-order valence-corrected chi connectivity index (χ1v) is 7.36. The highest BCUT2D eigenvalue weighted by atomic mass is 35.5. The topological polar surface area (TPSA) is 41.1 Å². The molecule has 1 aromatic rings. The number of amides is 1. The van der Waals surface area contributed by atoms with E-state index in [4.69, 9.17) is 11.6 Å². The van der Waals surface area contributed by atoms with Crippen LogP contribution in [0.2, 0.25) is 5.02 Å². The van der Waals surface area contributed by atoms with E-state index in [2.05, 4.69) is 10.6 Å². The summed E-state index contributed by atoms with van der Waals surface area (Å²) in [7, 11) is 0. The summed E-state index contributed by atoms with van der Waals surface area (Å²) in [6.07, 6.45) is 4.87. The van der Waals surface area contributed by atoms with Gasteiger partial charge in [0, 0.05) is 24.0 Å². The van der Waals surface area contributed by atoms with Crippen molar-refractivity contribution in [3.63, 3.8) is 0 Å². The fourth-order valence-corrected chi connectivity index (χ4v) is 2.52. The predicted molar refractivity (Wildman–Crippen MR) is 78.4 cm³/mol.